The van der Waals surface area contributed by atoms with Crippen molar-refractivity contribution in [2.45, 2.75) is 11.7 Å². The summed E-state index contributed by atoms with van der Waals surface area (Å²) in [7, 11) is 1.54. The maximum Gasteiger partial charge on any atom is 0.251 e. The number of fused-ring (bicyclic) bond motifs is 1. The van der Waals surface area contributed by atoms with E-state index in [1.807, 2.05) is 24.3 Å². The molecule has 3 aromatic carbocycles. The second-order valence-electron chi connectivity index (χ2n) is 8.07. The lowest BCUT2D eigenvalue weighted by Crippen LogP contribution is -2.24. The van der Waals surface area contributed by atoms with Gasteiger partial charge in [-0.2, -0.15) is 0 Å². The van der Waals surface area contributed by atoms with Crippen LogP contribution in [0.4, 0.5) is 5.13 Å². The number of carbonyl (C=O) groups is 2. The minimum absolute atomic E-state index is 0.0611. The number of benzene rings is 3. The standard InChI is InChI=1S/C26H20Cl2N6O3S2/c1-37-17-6-4-5-15(11-17)24(36)29-13-22-32-33-26(34(22)16-9-10-18(27)19(28)12-16)38-14-23(35)31-25-30-20-7-2-3-8-21(20)39-25/h2-12H,13-14H2,1H3,(H,29,36)(H,30,31,35). The molecular formula is C26H20Cl2N6O3S2. The average Bonchev–Trinajstić information content (AvgIpc) is 3.55. The van der Waals surface area contributed by atoms with E-state index in [0.29, 0.717) is 43.2 Å². The van der Waals surface area contributed by atoms with Gasteiger partial charge in [0.15, 0.2) is 16.1 Å². The number of para-hydroxylation sites is 1. The molecule has 0 aliphatic rings. The van der Waals surface area contributed by atoms with Crippen molar-refractivity contribution in [2.24, 2.45) is 0 Å². The van der Waals surface area contributed by atoms with Crippen molar-refractivity contribution >= 4 is 73.5 Å². The number of ether oxygens (including phenoxy) is 1. The molecule has 0 aliphatic heterocycles. The molecule has 2 aromatic heterocycles. The molecule has 0 saturated heterocycles. The minimum atomic E-state index is -0.304. The zero-order valence-electron chi connectivity index (χ0n) is 20.4. The number of hydrogen-bond acceptors (Lipinski definition) is 8. The van der Waals surface area contributed by atoms with Crippen molar-refractivity contribution < 1.29 is 14.3 Å². The van der Waals surface area contributed by atoms with Crippen molar-refractivity contribution in [1.29, 1.82) is 0 Å². The van der Waals surface area contributed by atoms with Crippen LogP contribution in [0.15, 0.2) is 71.9 Å². The fourth-order valence-electron chi connectivity index (χ4n) is 3.63. The molecule has 198 valence electrons. The molecule has 13 heteroatoms. The molecule has 2 heterocycles. The Balaban J connectivity index is 1.33. The van der Waals surface area contributed by atoms with Crippen molar-refractivity contribution in [3.63, 3.8) is 0 Å². The third-order valence-electron chi connectivity index (χ3n) is 5.47. The average molecular weight is 600 g/mol. The zero-order chi connectivity index (χ0) is 27.4. The van der Waals surface area contributed by atoms with Gasteiger partial charge in [-0.05, 0) is 48.5 Å². The lowest BCUT2D eigenvalue weighted by atomic mass is 10.2. The number of amides is 2. The molecule has 5 rings (SSSR count). The van der Waals surface area contributed by atoms with Crippen LogP contribution in [0.5, 0.6) is 5.75 Å². The molecule has 5 aromatic rings. The van der Waals surface area contributed by atoms with Gasteiger partial charge in [-0.15, -0.1) is 10.2 Å². The van der Waals surface area contributed by atoms with Gasteiger partial charge in [-0.25, -0.2) is 4.98 Å². The first kappa shape index (κ1) is 26.9. The third kappa shape index (κ3) is 6.34. The van der Waals surface area contributed by atoms with E-state index in [0.717, 1.165) is 10.2 Å². The number of rotatable bonds is 9. The Hall–Kier alpha value is -3.64. The van der Waals surface area contributed by atoms with Gasteiger partial charge in [-0.3, -0.25) is 14.2 Å². The van der Waals surface area contributed by atoms with E-state index in [2.05, 4.69) is 25.8 Å². The summed E-state index contributed by atoms with van der Waals surface area (Å²) in [6, 6.07) is 19.6. The summed E-state index contributed by atoms with van der Waals surface area (Å²) in [6.45, 7) is 0.0712. The van der Waals surface area contributed by atoms with Crippen LogP contribution in [0, 0.1) is 0 Å². The molecule has 0 aliphatic carbocycles. The normalized spacial score (nSPS) is 10.9. The minimum Gasteiger partial charge on any atom is -0.497 e. The van der Waals surface area contributed by atoms with Gasteiger partial charge in [-0.1, -0.05) is 64.5 Å². The van der Waals surface area contributed by atoms with Gasteiger partial charge in [0.05, 0.1) is 45.4 Å². The smallest absolute Gasteiger partial charge is 0.251 e. The topological polar surface area (TPSA) is 111 Å². The molecule has 2 amide bonds. The van der Waals surface area contributed by atoms with E-state index < -0.39 is 0 Å². The van der Waals surface area contributed by atoms with Gasteiger partial charge in [0.1, 0.15) is 5.75 Å². The summed E-state index contributed by atoms with van der Waals surface area (Å²) >= 11 is 15.0. The summed E-state index contributed by atoms with van der Waals surface area (Å²) in [5.41, 5.74) is 1.90. The van der Waals surface area contributed by atoms with Crippen LogP contribution in [0.3, 0.4) is 0 Å². The summed E-state index contributed by atoms with van der Waals surface area (Å²) in [4.78, 5) is 29.9. The Morgan fingerprint density at radius 2 is 1.87 bits per heavy atom. The Kier molecular flexibility index (Phi) is 8.32. The summed E-state index contributed by atoms with van der Waals surface area (Å²) in [5, 5.41) is 15.9. The molecule has 0 unspecified atom stereocenters. The number of aromatic nitrogens is 4. The molecular weight excluding hydrogens is 579 g/mol. The quantitative estimate of drug-likeness (QED) is 0.205. The lowest BCUT2D eigenvalue weighted by molar-refractivity contribution is -0.113. The molecule has 0 atom stereocenters. The van der Waals surface area contributed by atoms with Crippen molar-refractivity contribution in [3.8, 4) is 11.4 Å². The van der Waals surface area contributed by atoms with Gasteiger partial charge in [0.25, 0.3) is 5.91 Å². The second-order valence-corrected chi connectivity index (χ2v) is 10.9. The Morgan fingerprint density at radius 3 is 2.67 bits per heavy atom. The number of halogens is 2. The van der Waals surface area contributed by atoms with Crippen molar-refractivity contribution in [2.75, 3.05) is 18.2 Å². The van der Waals surface area contributed by atoms with E-state index in [4.69, 9.17) is 27.9 Å². The number of methoxy groups -OCH3 is 1. The predicted octanol–water partition coefficient (Wildman–Crippen LogP) is 5.85. The third-order valence-corrected chi connectivity index (χ3v) is 8.09. The molecule has 0 radical (unpaired) electrons. The zero-order valence-corrected chi connectivity index (χ0v) is 23.5. The van der Waals surface area contributed by atoms with Crippen LogP contribution in [0.25, 0.3) is 15.9 Å². The molecule has 0 fully saturated rings. The Bertz CT molecular complexity index is 1640. The van der Waals surface area contributed by atoms with E-state index >= 15 is 0 Å². The molecule has 2 N–H and O–H groups in total. The number of thiazole rings is 1. The van der Waals surface area contributed by atoms with Crippen LogP contribution in [0.2, 0.25) is 10.0 Å². The molecule has 9 nitrogen and oxygen atoms in total. The maximum atomic E-state index is 12.8. The predicted molar refractivity (Wildman–Crippen MR) is 155 cm³/mol. The summed E-state index contributed by atoms with van der Waals surface area (Å²) in [6.07, 6.45) is 0. The van der Waals surface area contributed by atoms with E-state index in [1.54, 1.807) is 47.0 Å². The molecule has 0 spiro atoms. The van der Waals surface area contributed by atoms with Gasteiger partial charge >= 0.3 is 0 Å². The number of anilines is 1. The SMILES string of the molecule is COc1cccc(C(=O)NCc2nnc(SCC(=O)Nc3nc4ccccc4s3)n2-c2ccc(Cl)c(Cl)c2)c1. The highest BCUT2D eigenvalue weighted by Crippen LogP contribution is 2.29. The van der Waals surface area contributed by atoms with Crippen LogP contribution < -0.4 is 15.4 Å². The second kappa shape index (κ2) is 12.0. The van der Waals surface area contributed by atoms with Crippen molar-refractivity contribution in [3.05, 3.63) is 88.2 Å². The van der Waals surface area contributed by atoms with E-state index in [1.165, 1.54) is 30.2 Å². The number of hydrogen-bond donors (Lipinski definition) is 2. The Morgan fingerprint density at radius 1 is 1.03 bits per heavy atom. The highest BCUT2D eigenvalue weighted by atomic mass is 35.5. The Labute approximate surface area is 241 Å². The highest BCUT2D eigenvalue weighted by Gasteiger charge is 2.18. The molecule has 0 bridgehead atoms. The fraction of sp³-hybridized carbons (Fsp3) is 0.115. The van der Waals surface area contributed by atoms with E-state index in [9.17, 15) is 9.59 Å². The maximum absolute atomic E-state index is 12.8. The number of nitrogens with zero attached hydrogens (tertiary/aromatic N) is 4. The van der Waals surface area contributed by atoms with Gasteiger partial charge in [0.2, 0.25) is 5.91 Å². The summed E-state index contributed by atoms with van der Waals surface area (Å²) < 4.78 is 7.91. The number of carbonyl (C=O) groups excluding carboxylic acids is 2. The van der Waals surface area contributed by atoms with Crippen LogP contribution in [-0.4, -0.2) is 44.4 Å². The molecule has 0 saturated carbocycles. The van der Waals surface area contributed by atoms with Gasteiger partial charge in [0, 0.05) is 5.56 Å². The first-order valence-corrected chi connectivity index (χ1v) is 14.1. The van der Waals surface area contributed by atoms with Gasteiger partial charge < -0.3 is 15.4 Å². The first-order valence-electron chi connectivity index (χ1n) is 11.5. The number of nitrogens with one attached hydrogen (secondary N) is 2. The largest absolute Gasteiger partial charge is 0.497 e. The van der Waals surface area contributed by atoms with Crippen LogP contribution in [-0.2, 0) is 11.3 Å². The first-order chi connectivity index (χ1) is 18.9. The van der Waals surface area contributed by atoms with Crippen LogP contribution >= 0.6 is 46.3 Å². The monoisotopic (exact) mass is 598 g/mol. The van der Waals surface area contributed by atoms with E-state index in [-0.39, 0.29) is 24.1 Å². The lowest BCUT2D eigenvalue weighted by Gasteiger charge is -2.12. The number of thioether (sulfide) groups is 1. The fourth-order valence-corrected chi connectivity index (χ4v) is 5.57. The molecule has 39 heavy (non-hydrogen) atoms. The summed E-state index contributed by atoms with van der Waals surface area (Å²) in [5.74, 6) is 0.534. The van der Waals surface area contributed by atoms with Crippen molar-refractivity contribution in [1.82, 2.24) is 25.1 Å². The van der Waals surface area contributed by atoms with Crippen LogP contribution in [0.1, 0.15) is 16.2 Å². The highest BCUT2D eigenvalue weighted by molar-refractivity contribution is 7.99.